The molecule has 0 bridgehead atoms. The molecule has 0 aliphatic carbocycles. The third-order valence-electron chi connectivity index (χ3n) is 2.52. The number of allylic oxidation sites excluding steroid dienone is 1. The van der Waals surface area contributed by atoms with Gasteiger partial charge in [-0.05, 0) is 43.4 Å². The second-order valence-corrected chi connectivity index (χ2v) is 4.42. The largest absolute Gasteiger partial charge is 0.496 e. The Labute approximate surface area is 99.9 Å². The van der Waals surface area contributed by atoms with E-state index >= 15 is 0 Å². The van der Waals surface area contributed by atoms with Crippen molar-refractivity contribution < 1.29 is 4.74 Å². The van der Waals surface area contributed by atoms with Crippen LogP contribution in [0.1, 0.15) is 37.9 Å². The van der Waals surface area contributed by atoms with Crippen molar-refractivity contribution in [1.29, 1.82) is 0 Å². The number of nitrogens with zero attached hydrogens (tertiary/aromatic N) is 2. The standard InChI is InChI=1S/C11H17N3OS/c1-2-6-12-11(9-8-16-14-13-9)10-5-3-4-7-15-10/h5,8,11-12H,2-4,6-7H2,1H3. The molecule has 2 rings (SSSR count). The first-order valence-electron chi connectivity index (χ1n) is 5.75. The first-order valence-corrected chi connectivity index (χ1v) is 6.58. The Bertz CT molecular complexity index is 337. The summed E-state index contributed by atoms with van der Waals surface area (Å²) in [5, 5.41) is 9.56. The second-order valence-electron chi connectivity index (χ2n) is 3.81. The minimum atomic E-state index is 0.0824. The van der Waals surface area contributed by atoms with Crippen LogP contribution in [0.2, 0.25) is 0 Å². The van der Waals surface area contributed by atoms with E-state index in [9.17, 15) is 0 Å². The quantitative estimate of drug-likeness (QED) is 0.856. The van der Waals surface area contributed by atoms with Gasteiger partial charge in [-0.1, -0.05) is 11.4 Å². The van der Waals surface area contributed by atoms with Crippen molar-refractivity contribution in [2.75, 3.05) is 13.2 Å². The molecule has 1 aliphatic heterocycles. The van der Waals surface area contributed by atoms with Gasteiger partial charge in [0, 0.05) is 5.38 Å². The average Bonchev–Trinajstić information content (AvgIpc) is 2.85. The monoisotopic (exact) mass is 239 g/mol. The Morgan fingerprint density at radius 2 is 2.56 bits per heavy atom. The predicted octanol–water partition coefficient (Wildman–Crippen LogP) is 2.27. The van der Waals surface area contributed by atoms with Gasteiger partial charge >= 0.3 is 0 Å². The Morgan fingerprint density at radius 1 is 1.62 bits per heavy atom. The molecule has 1 aromatic rings. The van der Waals surface area contributed by atoms with Crippen LogP contribution in [0, 0.1) is 0 Å². The van der Waals surface area contributed by atoms with E-state index in [2.05, 4.69) is 27.9 Å². The molecule has 0 saturated carbocycles. The molecule has 1 aliphatic rings. The maximum atomic E-state index is 5.70. The van der Waals surface area contributed by atoms with Crippen molar-refractivity contribution in [3.8, 4) is 0 Å². The highest BCUT2D eigenvalue weighted by atomic mass is 32.1. The van der Waals surface area contributed by atoms with Gasteiger partial charge in [0.15, 0.2) is 0 Å². The Morgan fingerprint density at radius 3 is 3.19 bits per heavy atom. The van der Waals surface area contributed by atoms with Crippen LogP contribution in [-0.2, 0) is 4.74 Å². The number of ether oxygens (including phenoxy) is 1. The predicted molar refractivity (Wildman–Crippen MR) is 64.2 cm³/mol. The number of hydrogen-bond acceptors (Lipinski definition) is 5. The van der Waals surface area contributed by atoms with Gasteiger partial charge in [0.25, 0.3) is 0 Å². The van der Waals surface area contributed by atoms with Gasteiger partial charge < -0.3 is 10.1 Å². The molecule has 0 radical (unpaired) electrons. The zero-order valence-corrected chi connectivity index (χ0v) is 10.3. The van der Waals surface area contributed by atoms with Crippen molar-refractivity contribution >= 4 is 11.5 Å². The van der Waals surface area contributed by atoms with Crippen LogP contribution in [0.15, 0.2) is 17.2 Å². The molecule has 0 spiro atoms. The van der Waals surface area contributed by atoms with E-state index in [4.69, 9.17) is 4.74 Å². The van der Waals surface area contributed by atoms with Crippen molar-refractivity contribution in [2.45, 2.75) is 32.2 Å². The third kappa shape index (κ3) is 2.80. The van der Waals surface area contributed by atoms with E-state index in [0.717, 1.165) is 43.9 Å². The van der Waals surface area contributed by atoms with Gasteiger partial charge in [-0.2, -0.15) is 0 Å². The van der Waals surface area contributed by atoms with Gasteiger partial charge in [0.2, 0.25) is 0 Å². The first kappa shape index (κ1) is 11.5. The lowest BCUT2D eigenvalue weighted by Gasteiger charge is -2.23. The minimum absolute atomic E-state index is 0.0824. The van der Waals surface area contributed by atoms with E-state index in [0.29, 0.717) is 0 Å². The molecular weight excluding hydrogens is 222 g/mol. The molecule has 1 aromatic heterocycles. The van der Waals surface area contributed by atoms with Crippen molar-refractivity contribution in [3.05, 3.63) is 22.9 Å². The fraction of sp³-hybridized carbons (Fsp3) is 0.636. The molecule has 4 nitrogen and oxygen atoms in total. The van der Waals surface area contributed by atoms with E-state index < -0.39 is 0 Å². The lowest BCUT2D eigenvalue weighted by molar-refractivity contribution is 0.166. The molecule has 1 atom stereocenters. The van der Waals surface area contributed by atoms with Crippen LogP contribution in [0.25, 0.3) is 0 Å². The zero-order valence-electron chi connectivity index (χ0n) is 9.48. The molecule has 0 fully saturated rings. The summed E-state index contributed by atoms with van der Waals surface area (Å²) in [6, 6.07) is 0.0824. The summed E-state index contributed by atoms with van der Waals surface area (Å²) < 4.78 is 9.61. The van der Waals surface area contributed by atoms with Crippen LogP contribution in [0.5, 0.6) is 0 Å². The lowest BCUT2D eigenvalue weighted by Crippen LogP contribution is -2.26. The lowest BCUT2D eigenvalue weighted by atomic mass is 10.1. The Balaban J connectivity index is 2.10. The number of hydrogen-bond donors (Lipinski definition) is 1. The van der Waals surface area contributed by atoms with Gasteiger partial charge in [0.1, 0.15) is 17.5 Å². The summed E-state index contributed by atoms with van der Waals surface area (Å²) in [6.07, 6.45) is 5.47. The normalized spacial score (nSPS) is 17.7. The SMILES string of the molecule is CCCNC(C1=CCCCO1)c1csnn1. The summed E-state index contributed by atoms with van der Waals surface area (Å²) in [4.78, 5) is 0. The summed E-state index contributed by atoms with van der Waals surface area (Å²) in [5.41, 5.74) is 0.964. The molecule has 1 unspecified atom stereocenters. The summed E-state index contributed by atoms with van der Waals surface area (Å²) in [6.45, 7) is 3.93. The number of aromatic nitrogens is 2. The maximum absolute atomic E-state index is 5.70. The van der Waals surface area contributed by atoms with E-state index in [-0.39, 0.29) is 6.04 Å². The van der Waals surface area contributed by atoms with Crippen LogP contribution >= 0.6 is 11.5 Å². The van der Waals surface area contributed by atoms with Gasteiger partial charge in [-0.25, -0.2) is 0 Å². The third-order valence-corrected chi connectivity index (χ3v) is 3.04. The van der Waals surface area contributed by atoms with Crippen LogP contribution in [-0.4, -0.2) is 22.7 Å². The fourth-order valence-corrected chi connectivity index (χ4v) is 2.19. The highest BCUT2D eigenvalue weighted by Gasteiger charge is 2.21. The molecule has 0 saturated heterocycles. The van der Waals surface area contributed by atoms with E-state index in [1.165, 1.54) is 11.5 Å². The average molecular weight is 239 g/mol. The molecule has 0 aromatic carbocycles. The maximum Gasteiger partial charge on any atom is 0.115 e. The summed E-state index contributed by atoms with van der Waals surface area (Å²) >= 11 is 1.38. The van der Waals surface area contributed by atoms with Crippen molar-refractivity contribution in [1.82, 2.24) is 14.9 Å². The number of nitrogens with one attached hydrogen (secondary N) is 1. The number of rotatable bonds is 5. The second kappa shape index (κ2) is 5.96. The molecule has 0 amide bonds. The molecule has 16 heavy (non-hydrogen) atoms. The Hall–Kier alpha value is -0.940. The summed E-state index contributed by atoms with van der Waals surface area (Å²) in [5.74, 6) is 1.01. The van der Waals surface area contributed by atoms with Gasteiger partial charge in [-0.3, -0.25) is 0 Å². The zero-order chi connectivity index (χ0) is 11.2. The molecular formula is C11H17N3OS. The first-order chi connectivity index (χ1) is 7.92. The smallest absolute Gasteiger partial charge is 0.115 e. The van der Waals surface area contributed by atoms with Gasteiger partial charge in [-0.15, -0.1) is 5.10 Å². The molecule has 1 N–H and O–H groups in total. The van der Waals surface area contributed by atoms with Crippen molar-refractivity contribution in [2.24, 2.45) is 0 Å². The van der Waals surface area contributed by atoms with Crippen LogP contribution < -0.4 is 5.32 Å². The summed E-state index contributed by atoms with van der Waals surface area (Å²) in [7, 11) is 0. The van der Waals surface area contributed by atoms with Crippen molar-refractivity contribution in [3.63, 3.8) is 0 Å². The topological polar surface area (TPSA) is 47.0 Å². The molecule has 2 heterocycles. The van der Waals surface area contributed by atoms with E-state index in [1.807, 2.05) is 5.38 Å². The van der Waals surface area contributed by atoms with Gasteiger partial charge in [0.05, 0.1) is 6.61 Å². The minimum Gasteiger partial charge on any atom is -0.496 e. The fourth-order valence-electron chi connectivity index (χ4n) is 1.72. The molecule has 88 valence electrons. The highest BCUT2D eigenvalue weighted by molar-refractivity contribution is 7.03. The van der Waals surface area contributed by atoms with Crippen LogP contribution in [0.3, 0.4) is 0 Å². The Kier molecular flexibility index (Phi) is 4.30. The highest BCUT2D eigenvalue weighted by Crippen LogP contribution is 2.25. The van der Waals surface area contributed by atoms with E-state index in [1.54, 1.807) is 0 Å². The van der Waals surface area contributed by atoms with Crippen LogP contribution in [0.4, 0.5) is 0 Å². The molecule has 5 heteroatoms.